The Morgan fingerprint density at radius 2 is 2.00 bits per heavy atom. The number of amides is 1. The van der Waals surface area contributed by atoms with Gasteiger partial charge in [-0.25, -0.2) is 4.39 Å². The van der Waals surface area contributed by atoms with Gasteiger partial charge < -0.3 is 10.1 Å². The molecule has 22 heavy (non-hydrogen) atoms. The molecule has 2 heterocycles. The van der Waals surface area contributed by atoms with E-state index in [-0.39, 0.29) is 23.9 Å². The number of halogens is 1. The first-order valence-corrected chi connectivity index (χ1v) is 8.13. The van der Waals surface area contributed by atoms with E-state index in [1.807, 2.05) is 12.1 Å². The summed E-state index contributed by atoms with van der Waals surface area (Å²) in [5, 5.41) is 3.02. The number of nitrogens with zero attached hydrogens (tertiary/aromatic N) is 1. The summed E-state index contributed by atoms with van der Waals surface area (Å²) < 4.78 is 18.6. The molecule has 0 saturated carbocycles. The number of hydrogen-bond acceptors (Lipinski definition) is 3. The van der Waals surface area contributed by atoms with Gasteiger partial charge in [-0.3, -0.25) is 9.69 Å². The summed E-state index contributed by atoms with van der Waals surface area (Å²) >= 11 is 0. The maximum Gasteiger partial charge on any atom is 0.249 e. The first-order valence-electron chi connectivity index (χ1n) is 8.13. The number of carbonyl (C=O) groups excluding carboxylic acids is 1. The molecule has 4 nitrogen and oxygen atoms in total. The largest absolute Gasteiger partial charge is 0.368 e. The lowest BCUT2D eigenvalue weighted by molar-refractivity contribution is -0.130. The molecule has 2 saturated heterocycles. The molecule has 0 radical (unpaired) electrons. The number of likely N-dealkylation sites (tertiary alicyclic amines) is 1. The quantitative estimate of drug-likeness (QED) is 0.907. The maximum absolute atomic E-state index is 13.1. The lowest BCUT2D eigenvalue weighted by atomic mass is 10.1. The minimum absolute atomic E-state index is 0.0243. The summed E-state index contributed by atoms with van der Waals surface area (Å²) in [6, 6.07) is 6.71. The Morgan fingerprint density at radius 1 is 1.27 bits per heavy atom. The summed E-state index contributed by atoms with van der Waals surface area (Å²) in [5.41, 5.74) is 1.05. The van der Waals surface area contributed by atoms with Crippen molar-refractivity contribution in [3.05, 3.63) is 35.6 Å². The van der Waals surface area contributed by atoms with Crippen LogP contribution in [0.5, 0.6) is 0 Å². The molecule has 2 fully saturated rings. The van der Waals surface area contributed by atoms with Gasteiger partial charge in [-0.15, -0.1) is 0 Å². The van der Waals surface area contributed by atoms with E-state index in [1.165, 1.54) is 25.0 Å². The van der Waals surface area contributed by atoms with E-state index >= 15 is 0 Å². The van der Waals surface area contributed by atoms with Crippen LogP contribution in [0.25, 0.3) is 0 Å². The molecule has 0 bridgehead atoms. The summed E-state index contributed by atoms with van der Waals surface area (Å²) in [6.45, 7) is 3.27. The highest BCUT2D eigenvalue weighted by atomic mass is 19.1. The van der Waals surface area contributed by atoms with Gasteiger partial charge in [0.1, 0.15) is 11.9 Å². The zero-order valence-electron chi connectivity index (χ0n) is 12.8. The third-order valence-electron chi connectivity index (χ3n) is 4.53. The SMILES string of the molecule is O=C(NCC(c1ccc(F)cc1)N1CCCC1)C1CCCO1. The number of rotatable bonds is 5. The van der Waals surface area contributed by atoms with Crippen molar-refractivity contribution in [1.29, 1.82) is 0 Å². The van der Waals surface area contributed by atoms with Gasteiger partial charge in [0, 0.05) is 13.2 Å². The second-order valence-electron chi connectivity index (χ2n) is 6.06. The highest BCUT2D eigenvalue weighted by Gasteiger charge is 2.27. The summed E-state index contributed by atoms with van der Waals surface area (Å²) in [6.07, 6.45) is 3.81. The second-order valence-corrected chi connectivity index (χ2v) is 6.06. The third kappa shape index (κ3) is 3.65. The standard InChI is InChI=1S/C17H23FN2O2/c18-14-7-5-13(6-8-14)15(20-9-1-2-10-20)12-19-17(21)16-4-3-11-22-16/h5-8,15-16H,1-4,9-12H2,(H,19,21). The highest BCUT2D eigenvalue weighted by Crippen LogP contribution is 2.25. The van der Waals surface area contributed by atoms with Crippen molar-refractivity contribution in [2.75, 3.05) is 26.2 Å². The average Bonchev–Trinajstić information content (AvgIpc) is 3.22. The van der Waals surface area contributed by atoms with Crippen LogP contribution in [0.3, 0.4) is 0 Å². The number of nitrogens with one attached hydrogen (secondary N) is 1. The van der Waals surface area contributed by atoms with Crippen molar-refractivity contribution >= 4 is 5.91 Å². The monoisotopic (exact) mass is 306 g/mol. The first-order chi connectivity index (χ1) is 10.7. The number of ether oxygens (including phenoxy) is 1. The van der Waals surface area contributed by atoms with Crippen molar-refractivity contribution < 1.29 is 13.9 Å². The summed E-state index contributed by atoms with van der Waals surface area (Å²) in [5.74, 6) is -0.254. The Hall–Kier alpha value is -1.46. The van der Waals surface area contributed by atoms with Crippen molar-refractivity contribution in [1.82, 2.24) is 10.2 Å². The Balaban J connectivity index is 1.65. The maximum atomic E-state index is 13.1. The Labute approximate surface area is 130 Å². The topological polar surface area (TPSA) is 41.6 Å². The van der Waals surface area contributed by atoms with Gasteiger partial charge in [-0.05, 0) is 56.5 Å². The highest BCUT2D eigenvalue weighted by molar-refractivity contribution is 5.81. The Bertz CT molecular complexity index is 494. The van der Waals surface area contributed by atoms with Gasteiger partial charge in [0.05, 0.1) is 6.04 Å². The van der Waals surface area contributed by atoms with Crippen LogP contribution >= 0.6 is 0 Å². The van der Waals surface area contributed by atoms with Gasteiger partial charge in [-0.1, -0.05) is 12.1 Å². The molecule has 2 atom stereocenters. The lowest BCUT2D eigenvalue weighted by Gasteiger charge is -2.28. The van der Waals surface area contributed by atoms with E-state index in [9.17, 15) is 9.18 Å². The van der Waals surface area contributed by atoms with Crippen LogP contribution < -0.4 is 5.32 Å². The van der Waals surface area contributed by atoms with Crippen molar-refractivity contribution in [2.24, 2.45) is 0 Å². The fourth-order valence-corrected chi connectivity index (χ4v) is 3.29. The minimum atomic E-state index is -0.299. The molecule has 0 aliphatic carbocycles. The van der Waals surface area contributed by atoms with Crippen LogP contribution in [0, 0.1) is 5.82 Å². The fourth-order valence-electron chi connectivity index (χ4n) is 3.29. The molecular weight excluding hydrogens is 283 g/mol. The molecule has 1 aromatic carbocycles. The normalized spacial score (nSPS) is 23.6. The smallest absolute Gasteiger partial charge is 0.249 e. The number of hydrogen-bond donors (Lipinski definition) is 1. The van der Waals surface area contributed by atoms with Crippen LogP contribution in [0.1, 0.15) is 37.3 Å². The van der Waals surface area contributed by atoms with Gasteiger partial charge >= 0.3 is 0 Å². The van der Waals surface area contributed by atoms with Crippen LogP contribution in [0.4, 0.5) is 4.39 Å². The van der Waals surface area contributed by atoms with Crippen molar-refractivity contribution in [3.8, 4) is 0 Å². The molecule has 1 amide bonds. The van der Waals surface area contributed by atoms with Gasteiger partial charge in [0.25, 0.3) is 0 Å². The molecule has 0 aromatic heterocycles. The van der Waals surface area contributed by atoms with E-state index in [2.05, 4.69) is 10.2 Å². The lowest BCUT2D eigenvalue weighted by Crippen LogP contribution is -2.40. The van der Waals surface area contributed by atoms with E-state index < -0.39 is 0 Å². The zero-order chi connectivity index (χ0) is 15.4. The molecular formula is C17H23FN2O2. The Morgan fingerprint density at radius 3 is 2.64 bits per heavy atom. The van der Waals surface area contributed by atoms with Crippen LogP contribution in [0.2, 0.25) is 0 Å². The number of benzene rings is 1. The van der Waals surface area contributed by atoms with Gasteiger partial charge in [-0.2, -0.15) is 0 Å². The van der Waals surface area contributed by atoms with Crippen molar-refractivity contribution in [2.45, 2.75) is 37.8 Å². The van der Waals surface area contributed by atoms with Crippen molar-refractivity contribution in [3.63, 3.8) is 0 Å². The third-order valence-corrected chi connectivity index (χ3v) is 4.53. The molecule has 2 aliphatic rings. The molecule has 2 aliphatic heterocycles. The van der Waals surface area contributed by atoms with E-state index in [0.717, 1.165) is 31.5 Å². The second kappa shape index (κ2) is 7.20. The van der Waals surface area contributed by atoms with E-state index in [4.69, 9.17) is 4.74 Å². The zero-order valence-corrected chi connectivity index (χ0v) is 12.8. The minimum Gasteiger partial charge on any atom is -0.368 e. The molecule has 5 heteroatoms. The fraction of sp³-hybridized carbons (Fsp3) is 0.588. The Kier molecular flexibility index (Phi) is 5.05. The molecule has 1 aromatic rings. The predicted octanol–water partition coefficient (Wildman–Crippen LogP) is 2.26. The molecule has 1 N–H and O–H groups in total. The predicted molar refractivity (Wildman–Crippen MR) is 81.9 cm³/mol. The molecule has 3 rings (SSSR count). The molecule has 120 valence electrons. The van der Waals surface area contributed by atoms with E-state index in [0.29, 0.717) is 13.2 Å². The van der Waals surface area contributed by atoms with Crippen LogP contribution in [0.15, 0.2) is 24.3 Å². The molecule has 2 unspecified atom stereocenters. The van der Waals surface area contributed by atoms with Gasteiger partial charge in [0.15, 0.2) is 0 Å². The number of carbonyl (C=O) groups is 1. The van der Waals surface area contributed by atoms with Crippen LogP contribution in [-0.4, -0.2) is 43.2 Å². The van der Waals surface area contributed by atoms with Gasteiger partial charge in [0.2, 0.25) is 5.91 Å². The molecule has 0 spiro atoms. The summed E-state index contributed by atoms with van der Waals surface area (Å²) in [4.78, 5) is 14.5. The summed E-state index contributed by atoms with van der Waals surface area (Å²) in [7, 11) is 0. The average molecular weight is 306 g/mol. The van der Waals surface area contributed by atoms with E-state index in [1.54, 1.807) is 0 Å². The first kappa shape index (κ1) is 15.4. The van der Waals surface area contributed by atoms with Crippen LogP contribution in [-0.2, 0) is 9.53 Å².